The number of aromatic nitrogens is 1. The van der Waals surface area contributed by atoms with Crippen molar-refractivity contribution in [2.24, 2.45) is 0 Å². The Bertz CT molecular complexity index is 889. The van der Waals surface area contributed by atoms with Gasteiger partial charge < -0.3 is 10.1 Å². The molecule has 0 spiro atoms. The van der Waals surface area contributed by atoms with Crippen LogP contribution in [0.3, 0.4) is 0 Å². The number of esters is 1. The molecule has 0 saturated carbocycles. The van der Waals surface area contributed by atoms with E-state index < -0.39 is 24.3 Å². The Morgan fingerprint density at radius 2 is 2.22 bits per heavy atom. The van der Waals surface area contributed by atoms with Gasteiger partial charge in [0.2, 0.25) is 5.91 Å². The van der Waals surface area contributed by atoms with E-state index in [1.165, 1.54) is 17.4 Å². The van der Waals surface area contributed by atoms with E-state index >= 15 is 0 Å². The number of nitrogens with zero attached hydrogens (tertiary/aromatic N) is 2. The molecule has 1 aliphatic rings. The first-order valence-corrected chi connectivity index (χ1v) is 9.33. The summed E-state index contributed by atoms with van der Waals surface area (Å²) in [5.41, 5.74) is 0.695. The number of thiazole rings is 1. The summed E-state index contributed by atoms with van der Waals surface area (Å²) < 4.78 is 17.9. The molecule has 3 rings (SSSR count). The van der Waals surface area contributed by atoms with Gasteiger partial charge in [-0.25, -0.2) is 9.37 Å². The maximum Gasteiger partial charge on any atom is 0.312 e. The molecule has 0 unspecified atom stereocenters. The summed E-state index contributed by atoms with van der Waals surface area (Å²) in [7, 11) is 0. The van der Waals surface area contributed by atoms with Crippen LogP contribution in [0.2, 0.25) is 5.02 Å². The highest BCUT2D eigenvalue weighted by molar-refractivity contribution is 7.14. The van der Waals surface area contributed by atoms with Gasteiger partial charge in [-0.15, -0.1) is 11.3 Å². The number of carbonyl (C=O) groups is 3. The molecular formula is C17H15ClFN3O4S. The van der Waals surface area contributed by atoms with Crippen molar-refractivity contribution in [2.45, 2.75) is 19.3 Å². The van der Waals surface area contributed by atoms with E-state index in [1.54, 1.807) is 10.3 Å². The second-order valence-corrected chi connectivity index (χ2v) is 7.02. The number of hydrogen-bond acceptors (Lipinski definition) is 6. The maximum absolute atomic E-state index is 13.0. The second-order valence-electron chi connectivity index (χ2n) is 5.78. The Kier molecular flexibility index (Phi) is 6.02. The van der Waals surface area contributed by atoms with Crippen molar-refractivity contribution < 1.29 is 23.5 Å². The van der Waals surface area contributed by atoms with Crippen LogP contribution < -0.4 is 10.2 Å². The standard InChI is InChI=1S/C17H15ClFN3O4S/c18-12-6-10(19)3-4-13(12)21-14(23)8-26-16(25)7-11-9-27-17(20-11)22-5-1-2-15(22)24/h3-4,6,9H,1-2,5,7-8H2,(H,21,23). The molecule has 0 bridgehead atoms. The first-order valence-electron chi connectivity index (χ1n) is 8.07. The van der Waals surface area contributed by atoms with Crippen LogP contribution in [-0.2, 0) is 25.5 Å². The number of anilines is 2. The predicted octanol–water partition coefficient (Wildman–Crippen LogP) is 2.79. The van der Waals surface area contributed by atoms with Crippen molar-refractivity contribution in [1.29, 1.82) is 0 Å². The number of nitrogens with one attached hydrogen (secondary N) is 1. The number of rotatable bonds is 6. The molecule has 1 aromatic carbocycles. The van der Waals surface area contributed by atoms with Crippen LogP contribution in [0.25, 0.3) is 0 Å². The van der Waals surface area contributed by atoms with Crippen molar-refractivity contribution >= 4 is 51.5 Å². The molecule has 0 aliphatic carbocycles. The topological polar surface area (TPSA) is 88.6 Å². The summed E-state index contributed by atoms with van der Waals surface area (Å²) in [4.78, 5) is 41.3. The van der Waals surface area contributed by atoms with Gasteiger partial charge in [0.05, 0.1) is 22.8 Å². The van der Waals surface area contributed by atoms with E-state index in [9.17, 15) is 18.8 Å². The Balaban J connectivity index is 1.47. The first-order chi connectivity index (χ1) is 12.9. The summed E-state index contributed by atoms with van der Waals surface area (Å²) in [6, 6.07) is 3.53. The molecule has 0 radical (unpaired) electrons. The fourth-order valence-corrected chi connectivity index (χ4v) is 3.56. The molecule has 1 aliphatic heterocycles. The molecule has 2 aromatic rings. The lowest BCUT2D eigenvalue weighted by Crippen LogP contribution is -2.23. The van der Waals surface area contributed by atoms with Gasteiger partial charge in [0, 0.05) is 18.3 Å². The number of benzene rings is 1. The van der Waals surface area contributed by atoms with E-state index in [-0.39, 0.29) is 23.0 Å². The van der Waals surface area contributed by atoms with Gasteiger partial charge in [-0.1, -0.05) is 11.6 Å². The number of ether oxygens (including phenoxy) is 1. The van der Waals surface area contributed by atoms with Crippen LogP contribution in [0.4, 0.5) is 15.2 Å². The Morgan fingerprint density at radius 3 is 2.93 bits per heavy atom. The number of carbonyl (C=O) groups excluding carboxylic acids is 3. The van der Waals surface area contributed by atoms with Crippen LogP contribution >= 0.6 is 22.9 Å². The third kappa shape index (κ3) is 5.01. The Labute approximate surface area is 163 Å². The van der Waals surface area contributed by atoms with Crippen LogP contribution in [-0.4, -0.2) is 35.9 Å². The first kappa shape index (κ1) is 19.2. The second kappa shape index (κ2) is 8.45. The zero-order chi connectivity index (χ0) is 19.4. The molecule has 142 valence electrons. The van der Waals surface area contributed by atoms with Crippen LogP contribution in [0, 0.1) is 5.82 Å². The maximum atomic E-state index is 13.0. The van der Waals surface area contributed by atoms with Crippen molar-refractivity contribution in [1.82, 2.24) is 4.98 Å². The largest absolute Gasteiger partial charge is 0.455 e. The summed E-state index contributed by atoms with van der Waals surface area (Å²) in [5.74, 6) is -1.73. The van der Waals surface area contributed by atoms with Gasteiger partial charge in [0.15, 0.2) is 11.7 Å². The molecule has 1 N–H and O–H groups in total. The van der Waals surface area contributed by atoms with E-state index in [0.29, 0.717) is 23.8 Å². The lowest BCUT2D eigenvalue weighted by atomic mass is 10.3. The smallest absolute Gasteiger partial charge is 0.312 e. The number of halogens is 2. The highest BCUT2D eigenvalue weighted by Crippen LogP contribution is 2.25. The fourth-order valence-electron chi connectivity index (χ4n) is 2.47. The molecule has 10 heteroatoms. The SMILES string of the molecule is O=C(COC(=O)Cc1csc(N2CCCC2=O)n1)Nc1ccc(F)cc1Cl. The molecule has 2 heterocycles. The van der Waals surface area contributed by atoms with Gasteiger partial charge in [0.1, 0.15) is 5.82 Å². The number of hydrogen-bond donors (Lipinski definition) is 1. The Hall–Kier alpha value is -2.52. The predicted molar refractivity (Wildman–Crippen MR) is 98.4 cm³/mol. The third-order valence-corrected chi connectivity index (χ3v) is 4.96. The quantitative estimate of drug-likeness (QED) is 0.738. The summed E-state index contributed by atoms with van der Waals surface area (Å²) >= 11 is 7.10. The minimum atomic E-state index is -0.625. The van der Waals surface area contributed by atoms with Crippen molar-refractivity contribution in [3.63, 3.8) is 0 Å². The van der Waals surface area contributed by atoms with E-state index in [1.807, 2.05) is 0 Å². The molecule has 1 saturated heterocycles. The van der Waals surface area contributed by atoms with Gasteiger partial charge in [0.25, 0.3) is 5.91 Å². The fraction of sp³-hybridized carbons (Fsp3) is 0.294. The van der Waals surface area contributed by atoms with Gasteiger partial charge in [-0.05, 0) is 24.6 Å². The van der Waals surface area contributed by atoms with E-state index in [4.69, 9.17) is 16.3 Å². The zero-order valence-electron chi connectivity index (χ0n) is 14.0. The Morgan fingerprint density at radius 1 is 1.41 bits per heavy atom. The summed E-state index contributed by atoms with van der Waals surface area (Å²) in [5, 5.41) is 4.71. The molecule has 1 fully saturated rings. The average molecular weight is 412 g/mol. The highest BCUT2D eigenvalue weighted by Gasteiger charge is 2.24. The van der Waals surface area contributed by atoms with Gasteiger partial charge in [-0.3, -0.25) is 19.3 Å². The third-order valence-electron chi connectivity index (χ3n) is 3.74. The van der Waals surface area contributed by atoms with Crippen LogP contribution in [0.15, 0.2) is 23.6 Å². The summed E-state index contributed by atoms with van der Waals surface area (Å²) in [6.07, 6.45) is 1.19. The van der Waals surface area contributed by atoms with Crippen LogP contribution in [0.1, 0.15) is 18.5 Å². The molecule has 2 amide bonds. The molecular weight excluding hydrogens is 397 g/mol. The monoisotopic (exact) mass is 411 g/mol. The normalized spacial score (nSPS) is 13.7. The summed E-state index contributed by atoms with van der Waals surface area (Å²) in [6.45, 7) is 0.122. The van der Waals surface area contributed by atoms with Crippen molar-refractivity contribution in [2.75, 3.05) is 23.4 Å². The minimum Gasteiger partial charge on any atom is -0.455 e. The zero-order valence-corrected chi connectivity index (χ0v) is 15.6. The van der Waals surface area contributed by atoms with E-state index in [0.717, 1.165) is 18.6 Å². The molecule has 0 atom stereocenters. The van der Waals surface area contributed by atoms with Crippen molar-refractivity contribution in [3.8, 4) is 0 Å². The molecule has 7 nitrogen and oxygen atoms in total. The van der Waals surface area contributed by atoms with Gasteiger partial charge in [-0.2, -0.15) is 0 Å². The molecule has 27 heavy (non-hydrogen) atoms. The molecule has 1 aromatic heterocycles. The van der Waals surface area contributed by atoms with Gasteiger partial charge >= 0.3 is 5.97 Å². The van der Waals surface area contributed by atoms with Crippen molar-refractivity contribution in [3.05, 3.63) is 40.1 Å². The lowest BCUT2D eigenvalue weighted by molar-refractivity contribution is -0.146. The van der Waals surface area contributed by atoms with Crippen LogP contribution in [0.5, 0.6) is 0 Å². The minimum absolute atomic E-state index is 0.0228. The number of amides is 2. The lowest BCUT2D eigenvalue weighted by Gasteiger charge is -2.10. The van der Waals surface area contributed by atoms with E-state index in [2.05, 4.69) is 10.3 Å². The highest BCUT2D eigenvalue weighted by atomic mass is 35.5. The average Bonchev–Trinajstić information content (AvgIpc) is 3.24.